The fourth-order valence-electron chi connectivity index (χ4n) is 3.31. The minimum Gasteiger partial charge on any atom is -0.469 e. The number of nitrogen functional groups attached to an aromatic ring is 1. The summed E-state index contributed by atoms with van der Waals surface area (Å²) in [4.78, 5) is 52.2. The molecule has 136 valence electrons. The van der Waals surface area contributed by atoms with E-state index in [9.17, 15) is 19.2 Å². The maximum absolute atomic E-state index is 12.6. The first-order chi connectivity index (χ1) is 11.9. The lowest BCUT2D eigenvalue weighted by Crippen LogP contribution is -2.42. The quantitative estimate of drug-likeness (QED) is 0.542. The van der Waals surface area contributed by atoms with Gasteiger partial charge in [-0.05, 0) is 38.8 Å². The largest absolute Gasteiger partial charge is 0.469 e. The Morgan fingerprint density at radius 2 is 1.84 bits per heavy atom. The average Bonchev–Trinajstić information content (AvgIpc) is 3.39. The number of ether oxygens (including phenoxy) is 1. The average molecular weight is 350 g/mol. The second-order valence-corrected chi connectivity index (χ2v) is 6.62. The van der Waals surface area contributed by atoms with Crippen molar-refractivity contribution in [1.29, 1.82) is 0 Å². The molecule has 2 aliphatic rings. The highest BCUT2D eigenvalue weighted by atomic mass is 16.5. The lowest BCUT2D eigenvalue weighted by Gasteiger charge is -2.30. The second-order valence-electron chi connectivity index (χ2n) is 6.62. The first-order valence-corrected chi connectivity index (χ1v) is 8.40. The van der Waals surface area contributed by atoms with E-state index in [0.29, 0.717) is 25.9 Å². The Labute approximate surface area is 143 Å². The Kier molecular flexibility index (Phi) is 4.76. The van der Waals surface area contributed by atoms with Gasteiger partial charge in [0.1, 0.15) is 11.4 Å². The van der Waals surface area contributed by atoms with Crippen LogP contribution in [-0.2, 0) is 9.53 Å². The smallest absolute Gasteiger partial charge is 0.330 e. The van der Waals surface area contributed by atoms with Crippen molar-refractivity contribution in [3.63, 3.8) is 0 Å². The number of carbonyl (C=O) groups is 2. The number of ketones is 1. The number of nitrogens with one attached hydrogen (secondary N) is 1. The number of aromatic amines is 1. The molecule has 9 nitrogen and oxygen atoms in total. The summed E-state index contributed by atoms with van der Waals surface area (Å²) in [6.45, 7) is 1.15. The SMILES string of the molecule is COC(=O)C1CCN(CC(=O)c2c(N)n(C3CC3)c(=O)[nH]c2=O)CC1. The number of esters is 1. The molecule has 3 rings (SSSR count). The van der Waals surface area contributed by atoms with Crippen molar-refractivity contribution in [2.45, 2.75) is 31.7 Å². The summed E-state index contributed by atoms with van der Waals surface area (Å²) in [6, 6.07) is -0.0355. The van der Waals surface area contributed by atoms with Crippen LogP contribution < -0.4 is 17.0 Å². The van der Waals surface area contributed by atoms with Crippen LogP contribution in [0.25, 0.3) is 0 Å². The van der Waals surface area contributed by atoms with Crippen LogP contribution in [0.15, 0.2) is 9.59 Å². The second kappa shape index (κ2) is 6.83. The lowest BCUT2D eigenvalue weighted by molar-refractivity contribution is -0.146. The number of Topliss-reactive ketones (excluding diaryl/α,β-unsaturated/α-hetero) is 1. The number of hydrogen-bond donors (Lipinski definition) is 2. The lowest BCUT2D eigenvalue weighted by atomic mass is 9.96. The molecule has 25 heavy (non-hydrogen) atoms. The first-order valence-electron chi connectivity index (χ1n) is 8.40. The maximum atomic E-state index is 12.6. The summed E-state index contributed by atoms with van der Waals surface area (Å²) in [6.07, 6.45) is 2.83. The molecule has 1 aromatic heterocycles. The number of nitrogens with two attached hydrogens (primary N) is 1. The molecule has 1 aliphatic heterocycles. The molecular weight excluding hydrogens is 328 g/mol. The van der Waals surface area contributed by atoms with Crippen molar-refractivity contribution in [2.24, 2.45) is 5.92 Å². The van der Waals surface area contributed by atoms with Crippen LogP contribution in [0.1, 0.15) is 42.1 Å². The van der Waals surface area contributed by atoms with Crippen LogP contribution in [0.3, 0.4) is 0 Å². The Bertz CT molecular complexity index is 800. The van der Waals surface area contributed by atoms with Crippen LogP contribution in [0.5, 0.6) is 0 Å². The maximum Gasteiger partial charge on any atom is 0.330 e. The van der Waals surface area contributed by atoms with Crippen molar-refractivity contribution >= 4 is 17.6 Å². The molecular formula is C16H22N4O5. The van der Waals surface area contributed by atoms with E-state index in [1.165, 1.54) is 11.7 Å². The monoisotopic (exact) mass is 350 g/mol. The van der Waals surface area contributed by atoms with Gasteiger partial charge in [-0.15, -0.1) is 0 Å². The fraction of sp³-hybridized carbons (Fsp3) is 0.625. The molecule has 0 aromatic carbocycles. The summed E-state index contributed by atoms with van der Waals surface area (Å²) in [7, 11) is 1.36. The van der Waals surface area contributed by atoms with Gasteiger partial charge in [0.2, 0.25) is 0 Å². The third-order valence-corrected chi connectivity index (χ3v) is 4.86. The molecule has 0 radical (unpaired) electrons. The Morgan fingerprint density at radius 3 is 2.40 bits per heavy atom. The van der Waals surface area contributed by atoms with Gasteiger partial charge >= 0.3 is 11.7 Å². The van der Waals surface area contributed by atoms with Crippen molar-refractivity contribution < 1.29 is 14.3 Å². The molecule has 9 heteroatoms. The normalized spacial score (nSPS) is 18.9. The molecule has 1 aromatic rings. The number of anilines is 1. The van der Waals surface area contributed by atoms with Gasteiger partial charge in [-0.2, -0.15) is 0 Å². The number of piperidine rings is 1. The van der Waals surface area contributed by atoms with E-state index in [-0.39, 0.29) is 35.9 Å². The van der Waals surface area contributed by atoms with E-state index in [1.54, 1.807) is 0 Å². The van der Waals surface area contributed by atoms with E-state index in [1.807, 2.05) is 4.90 Å². The molecule has 0 unspecified atom stereocenters. The van der Waals surface area contributed by atoms with Crippen molar-refractivity contribution in [3.8, 4) is 0 Å². The molecule has 2 heterocycles. The number of carbonyl (C=O) groups excluding carboxylic acids is 2. The highest BCUT2D eigenvalue weighted by Gasteiger charge is 2.31. The van der Waals surface area contributed by atoms with Crippen LogP contribution in [0, 0.1) is 5.92 Å². The highest BCUT2D eigenvalue weighted by Crippen LogP contribution is 2.35. The number of hydrogen-bond acceptors (Lipinski definition) is 7. The van der Waals surface area contributed by atoms with Gasteiger partial charge < -0.3 is 10.5 Å². The number of nitrogens with zero attached hydrogens (tertiary/aromatic N) is 2. The van der Waals surface area contributed by atoms with Gasteiger partial charge in [-0.1, -0.05) is 0 Å². The number of rotatable bonds is 5. The summed E-state index contributed by atoms with van der Waals surface area (Å²) in [5.74, 6) is -0.847. The van der Waals surface area contributed by atoms with Gasteiger partial charge in [0.05, 0.1) is 19.6 Å². The highest BCUT2D eigenvalue weighted by molar-refractivity contribution is 6.01. The third-order valence-electron chi connectivity index (χ3n) is 4.86. The summed E-state index contributed by atoms with van der Waals surface area (Å²) in [5, 5.41) is 0. The van der Waals surface area contributed by atoms with Gasteiger partial charge in [0.15, 0.2) is 5.78 Å². The van der Waals surface area contributed by atoms with Gasteiger partial charge in [0, 0.05) is 6.04 Å². The number of likely N-dealkylation sites (tertiary alicyclic amines) is 1. The van der Waals surface area contributed by atoms with E-state index in [0.717, 1.165) is 12.8 Å². The van der Waals surface area contributed by atoms with Gasteiger partial charge in [0.25, 0.3) is 5.56 Å². The zero-order valence-electron chi connectivity index (χ0n) is 14.1. The standard InChI is InChI=1S/C16H22N4O5/c1-25-15(23)9-4-6-19(7-5-9)8-11(21)12-13(17)20(10-2-3-10)16(24)18-14(12)22/h9-10H,2-8,17H2,1H3,(H,18,22,24). The molecule has 0 atom stereocenters. The van der Waals surface area contributed by atoms with Crippen LogP contribution in [0.2, 0.25) is 0 Å². The minimum absolute atomic E-state index is 0.0318. The molecule has 0 spiro atoms. The predicted octanol–water partition coefficient (Wildman–Crippen LogP) is -0.479. The van der Waals surface area contributed by atoms with E-state index in [4.69, 9.17) is 10.5 Å². The fourth-order valence-corrected chi connectivity index (χ4v) is 3.31. The Morgan fingerprint density at radius 1 is 1.20 bits per heavy atom. The molecule has 0 amide bonds. The van der Waals surface area contributed by atoms with E-state index < -0.39 is 17.0 Å². The molecule has 2 fully saturated rings. The summed E-state index contributed by atoms with van der Waals surface area (Å²) >= 11 is 0. The topological polar surface area (TPSA) is 127 Å². The van der Waals surface area contributed by atoms with Gasteiger partial charge in [-0.25, -0.2) is 4.79 Å². The predicted molar refractivity (Wildman–Crippen MR) is 89.5 cm³/mol. The molecule has 1 aliphatic carbocycles. The third kappa shape index (κ3) is 3.51. The number of aromatic nitrogens is 2. The molecule has 3 N–H and O–H groups in total. The number of H-pyrrole nitrogens is 1. The minimum atomic E-state index is -0.742. The first kappa shape index (κ1) is 17.4. The molecule has 1 saturated heterocycles. The van der Waals surface area contributed by atoms with Crippen LogP contribution >= 0.6 is 0 Å². The zero-order valence-corrected chi connectivity index (χ0v) is 14.1. The van der Waals surface area contributed by atoms with Crippen molar-refractivity contribution in [3.05, 3.63) is 26.4 Å². The van der Waals surface area contributed by atoms with Crippen LogP contribution in [-0.4, -0.2) is 52.9 Å². The summed E-state index contributed by atoms with van der Waals surface area (Å²) in [5.41, 5.74) is 4.49. The van der Waals surface area contributed by atoms with E-state index >= 15 is 0 Å². The zero-order chi connectivity index (χ0) is 18.1. The van der Waals surface area contributed by atoms with Crippen molar-refractivity contribution in [2.75, 3.05) is 32.5 Å². The summed E-state index contributed by atoms with van der Waals surface area (Å²) < 4.78 is 6.04. The number of methoxy groups -OCH3 is 1. The van der Waals surface area contributed by atoms with Gasteiger partial charge in [-0.3, -0.25) is 28.8 Å². The van der Waals surface area contributed by atoms with E-state index in [2.05, 4.69) is 4.98 Å². The molecule has 0 bridgehead atoms. The Hall–Kier alpha value is -2.42. The van der Waals surface area contributed by atoms with Crippen LogP contribution in [0.4, 0.5) is 5.82 Å². The van der Waals surface area contributed by atoms with Crippen molar-refractivity contribution in [1.82, 2.24) is 14.5 Å². The molecule has 1 saturated carbocycles. The Balaban J connectivity index is 1.72.